The average molecular weight is 548 g/mol. The molecule has 0 spiro atoms. The summed E-state index contributed by atoms with van der Waals surface area (Å²) in [5.74, 6) is 0.484. The van der Waals surface area contributed by atoms with E-state index in [0.29, 0.717) is 18.2 Å². The van der Waals surface area contributed by atoms with Gasteiger partial charge >= 0.3 is 12.1 Å². The van der Waals surface area contributed by atoms with Crippen molar-refractivity contribution in [2.45, 2.75) is 71.2 Å². The maximum absolute atomic E-state index is 13.1. The number of carbonyl (C=O) groups excluding carboxylic acids is 2. The average Bonchev–Trinajstić information content (AvgIpc) is 3.35. The molecule has 2 heterocycles. The van der Waals surface area contributed by atoms with Gasteiger partial charge in [-0.15, -0.1) is 0 Å². The van der Waals surface area contributed by atoms with Gasteiger partial charge in [0, 0.05) is 55.4 Å². The van der Waals surface area contributed by atoms with Crippen molar-refractivity contribution in [1.82, 2.24) is 14.4 Å². The number of carbonyl (C=O) groups is 2. The first-order chi connectivity index (χ1) is 19.1. The van der Waals surface area contributed by atoms with Crippen LogP contribution in [0.5, 0.6) is 5.75 Å². The fraction of sp³-hybridized carbons (Fsp3) is 0.500. The Hall–Kier alpha value is -3.36. The highest BCUT2D eigenvalue weighted by Crippen LogP contribution is 2.38. The molecule has 214 valence electrons. The van der Waals surface area contributed by atoms with Crippen molar-refractivity contribution < 1.29 is 23.8 Å². The highest BCUT2D eigenvalue weighted by Gasteiger charge is 2.35. The molecule has 1 unspecified atom stereocenters. The van der Waals surface area contributed by atoms with Gasteiger partial charge in [0.25, 0.3) is 0 Å². The molecular weight excluding hydrogens is 506 g/mol. The summed E-state index contributed by atoms with van der Waals surface area (Å²) in [5.41, 5.74) is 3.99. The van der Waals surface area contributed by atoms with Crippen molar-refractivity contribution in [3.8, 4) is 5.75 Å². The molecule has 1 saturated heterocycles. The molecule has 0 N–H and O–H groups in total. The lowest BCUT2D eigenvalue weighted by Gasteiger charge is -2.47. The van der Waals surface area contributed by atoms with Crippen LogP contribution in [-0.2, 0) is 16.0 Å². The zero-order chi connectivity index (χ0) is 28.6. The van der Waals surface area contributed by atoms with Crippen LogP contribution in [0.15, 0.2) is 42.6 Å². The summed E-state index contributed by atoms with van der Waals surface area (Å²) in [6.45, 7) is 11.1. The number of methoxy groups -OCH3 is 2. The highest BCUT2D eigenvalue weighted by molar-refractivity contribution is 5.95. The second-order valence-corrected chi connectivity index (χ2v) is 12.0. The number of aryl methyl sites for hydroxylation is 1. The number of aromatic nitrogens is 1. The second kappa shape index (κ2) is 11.3. The second-order valence-electron chi connectivity index (χ2n) is 12.0. The molecule has 5 rings (SSSR count). The number of nitrogens with zero attached hydrogens (tertiary/aromatic N) is 3. The fourth-order valence-corrected chi connectivity index (χ4v) is 5.96. The van der Waals surface area contributed by atoms with Crippen molar-refractivity contribution in [2.24, 2.45) is 0 Å². The number of benzene rings is 2. The molecule has 8 heteroatoms. The number of esters is 1. The Balaban J connectivity index is 1.50. The predicted octanol–water partition coefficient (Wildman–Crippen LogP) is 5.94. The Labute approximate surface area is 236 Å². The first-order valence-corrected chi connectivity index (χ1v) is 14.2. The van der Waals surface area contributed by atoms with Crippen LogP contribution in [-0.4, -0.2) is 71.9 Å². The van der Waals surface area contributed by atoms with Crippen LogP contribution in [0, 0.1) is 6.92 Å². The van der Waals surface area contributed by atoms with E-state index in [1.807, 2.05) is 52.0 Å². The van der Waals surface area contributed by atoms with Crippen LogP contribution in [0.1, 0.15) is 73.1 Å². The standard InChI is InChI=1S/C32H41N3O5/c1-21-18-28(38-5)26(25-14-15-35(29(21)25)31(37)40-32(2,3)4)19-34-17-16-33(24-8-7-9-24)20-27(34)22-10-12-23(13-11-22)30(36)39-6/h10-15,18,24,27H,7-9,16-17,19-20H2,1-6H3. The van der Waals surface area contributed by atoms with Gasteiger partial charge in [-0.05, 0) is 75.9 Å². The molecule has 2 aromatic carbocycles. The van der Waals surface area contributed by atoms with E-state index < -0.39 is 5.60 Å². The smallest absolute Gasteiger partial charge is 0.419 e. The first-order valence-electron chi connectivity index (χ1n) is 14.2. The van der Waals surface area contributed by atoms with Crippen LogP contribution in [0.3, 0.4) is 0 Å². The van der Waals surface area contributed by atoms with Gasteiger partial charge in [0.1, 0.15) is 11.4 Å². The minimum atomic E-state index is -0.590. The number of ether oxygens (including phenoxy) is 3. The Morgan fingerprint density at radius 1 is 1.02 bits per heavy atom. The molecule has 2 aliphatic rings. The Bertz CT molecular complexity index is 1380. The van der Waals surface area contributed by atoms with Crippen molar-refractivity contribution >= 4 is 23.0 Å². The highest BCUT2D eigenvalue weighted by atomic mass is 16.6. The Kier molecular flexibility index (Phi) is 7.93. The largest absolute Gasteiger partial charge is 0.496 e. The molecule has 0 bridgehead atoms. The van der Waals surface area contributed by atoms with Crippen LogP contribution < -0.4 is 4.74 Å². The van der Waals surface area contributed by atoms with Gasteiger partial charge in [-0.25, -0.2) is 9.59 Å². The van der Waals surface area contributed by atoms with E-state index in [1.165, 1.54) is 31.9 Å². The van der Waals surface area contributed by atoms with Gasteiger partial charge in [-0.3, -0.25) is 14.4 Å². The number of fused-ring (bicyclic) bond motifs is 1. The van der Waals surface area contributed by atoms with Crippen molar-refractivity contribution in [3.63, 3.8) is 0 Å². The minimum Gasteiger partial charge on any atom is -0.496 e. The Morgan fingerprint density at radius 2 is 1.75 bits per heavy atom. The van der Waals surface area contributed by atoms with E-state index >= 15 is 0 Å². The van der Waals surface area contributed by atoms with Gasteiger partial charge in [-0.2, -0.15) is 0 Å². The molecule has 0 amide bonds. The molecule has 1 aliphatic carbocycles. The third kappa shape index (κ3) is 5.60. The van der Waals surface area contributed by atoms with E-state index in [1.54, 1.807) is 17.9 Å². The van der Waals surface area contributed by atoms with Crippen molar-refractivity contribution in [2.75, 3.05) is 33.9 Å². The first kappa shape index (κ1) is 28.2. The Morgan fingerprint density at radius 3 is 2.35 bits per heavy atom. The summed E-state index contributed by atoms with van der Waals surface area (Å²) in [7, 11) is 3.11. The summed E-state index contributed by atoms with van der Waals surface area (Å²) in [6.07, 6.45) is 5.24. The van der Waals surface area contributed by atoms with Gasteiger partial charge in [-0.1, -0.05) is 18.6 Å². The van der Waals surface area contributed by atoms with Crippen LogP contribution in [0.2, 0.25) is 0 Å². The van der Waals surface area contributed by atoms with Gasteiger partial charge in [0.2, 0.25) is 0 Å². The normalized spacial score (nSPS) is 18.9. The SMILES string of the molecule is COC(=O)c1ccc(C2CN(C3CCC3)CCN2Cc2c(OC)cc(C)c3c2ccn3C(=O)OC(C)(C)C)cc1. The van der Waals surface area contributed by atoms with Crippen LogP contribution >= 0.6 is 0 Å². The van der Waals surface area contributed by atoms with Gasteiger partial charge in [0.15, 0.2) is 0 Å². The third-order valence-electron chi connectivity index (χ3n) is 8.23. The maximum Gasteiger partial charge on any atom is 0.419 e. The lowest BCUT2D eigenvalue weighted by Crippen LogP contribution is -2.53. The van der Waals surface area contributed by atoms with Crippen molar-refractivity contribution in [3.05, 3.63) is 64.8 Å². The summed E-state index contributed by atoms with van der Waals surface area (Å²) >= 11 is 0. The summed E-state index contributed by atoms with van der Waals surface area (Å²) < 4.78 is 18.1. The van der Waals surface area contributed by atoms with Gasteiger partial charge in [0.05, 0.1) is 25.3 Å². The number of piperazine rings is 1. The van der Waals surface area contributed by atoms with Crippen LogP contribution in [0.25, 0.3) is 10.9 Å². The van der Waals surface area contributed by atoms with Crippen LogP contribution in [0.4, 0.5) is 4.79 Å². The molecular formula is C32H41N3O5. The lowest BCUT2D eigenvalue weighted by molar-refractivity contribution is 0.0188. The lowest BCUT2D eigenvalue weighted by atomic mass is 9.89. The predicted molar refractivity (Wildman–Crippen MR) is 155 cm³/mol. The third-order valence-corrected chi connectivity index (χ3v) is 8.23. The zero-order valence-electron chi connectivity index (χ0n) is 24.5. The van der Waals surface area contributed by atoms with E-state index in [9.17, 15) is 9.59 Å². The molecule has 2 fully saturated rings. The molecule has 3 aromatic rings. The number of hydrogen-bond donors (Lipinski definition) is 0. The topological polar surface area (TPSA) is 73.2 Å². The molecule has 1 saturated carbocycles. The molecule has 40 heavy (non-hydrogen) atoms. The van der Waals surface area contributed by atoms with E-state index in [2.05, 4.69) is 21.9 Å². The summed E-state index contributed by atoms with van der Waals surface area (Å²) in [4.78, 5) is 30.3. The van der Waals surface area contributed by atoms with E-state index in [-0.39, 0.29) is 18.1 Å². The van der Waals surface area contributed by atoms with E-state index in [4.69, 9.17) is 14.2 Å². The molecule has 1 atom stereocenters. The quantitative estimate of drug-likeness (QED) is 0.354. The molecule has 8 nitrogen and oxygen atoms in total. The molecule has 1 aromatic heterocycles. The van der Waals surface area contributed by atoms with E-state index in [0.717, 1.165) is 47.4 Å². The zero-order valence-corrected chi connectivity index (χ0v) is 24.5. The minimum absolute atomic E-state index is 0.148. The number of rotatable bonds is 6. The van der Waals surface area contributed by atoms with Gasteiger partial charge < -0.3 is 14.2 Å². The molecule has 0 radical (unpaired) electrons. The molecule has 1 aliphatic heterocycles. The summed E-state index contributed by atoms with van der Waals surface area (Å²) in [5, 5.41) is 0.990. The number of hydrogen-bond acceptors (Lipinski definition) is 7. The fourth-order valence-electron chi connectivity index (χ4n) is 5.96. The monoisotopic (exact) mass is 547 g/mol. The summed E-state index contributed by atoms with van der Waals surface area (Å²) in [6, 6.07) is 12.6. The maximum atomic E-state index is 13.1. The van der Waals surface area contributed by atoms with Crippen molar-refractivity contribution in [1.29, 1.82) is 0 Å².